The summed E-state index contributed by atoms with van der Waals surface area (Å²) in [5, 5.41) is 5.12. The highest BCUT2D eigenvalue weighted by molar-refractivity contribution is 6.08. The molecule has 4 heteroatoms. The molecule has 0 atom stereocenters. The highest BCUT2D eigenvalue weighted by Crippen LogP contribution is 2.46. The fourth-order valence-electron chi connectivity index (χ4n) is 5.36. The SMILES string of the molecule is C/C=C\C(=C/C)c1ccc2c(C(C)(C)C)c3cc(OOCCOCCOCCC)ccc3c(C(C)(C)CC)c2c1. The number of benzene rings is 3. The molecular formula is C36H50O4. The maximum atomic E-state index is 5.76. The number of allylic oxidation sites excluding steroid dienone is 4. The summed E-state index contributed by atoms with van der Waals surface area (Å²) in [6.07, 6.45) is 8.53. The lowest BCUT2D eigenvalue weighted by molar-refractivity contribution is -0.215. The highest BCUT2D eigenvalue weighted by atomic mass is 17.2. The van der Waals surface area contributed by atoms with Gasteiger partial charge < -0.3 is 14.4 Å². The lowest BCUT2D eigenvalue weighted by Gasteiger charge is -2.32. The molecule has 0 amide bonds. The van der Waals surface area contributed by atoms with Gasteiger partial charge in [-0.15, -0.1) is 0 Å². The normalized spacial score (nSPS) is 13.2. The van der Waals surface area contributed by atoms with Gasteiger partial charge in [0.1, 0.15) is 6.61 Å². The zero-order valence-corrected chi connectivity index (χ0v) is 26.3. The van der Waals surface area contributed by atoms with Crippen LogP contribution in [-0.2, 0) is 25.2 Å². The van der Waals surface area contributed by atoms with E-state index in [9.17, 15) is 0 Å². The van der Waals surface area contributed by atoms with E-state index in [0.717, 1.165) is 19.4 Å². The second-order valence-corrected chi connectivity index (χ2v) is 12.1. The van der Waals surface area contributed by atoms with Crippen molar-refractivity contribution in [1.82, 2.24) is 0 Å². The second-order valence-electron chi connectivity index (χ2n) is 12.1. The van der Waals surface area contributed by atoms with Crippen molar-refractivity contribution < 1.29 is 19.2 Å². The molecule has 218 valence electrons. The predicted octanol–water partition coefficient (Wildman–Crippen LogP) is 9.71. The Hall–Kier alpha value is -2.66. The van der Waals surface area contributed by atoms with Crippen LogP contribution in [0.2, 0.25) is 0 Å². The van der Waals surface area contributed by atoms with E-state index >= 15 is 0 Å². The van der Waals surface area contributed by atoms with Crippen LogP contribution < -0.4 is 4.89 Å². The molecule has 0 fully saturated rings. The summed E-state index contributed by atoms with van der Waals surface area (Å²) in [5.41, 5.74) is 5.10. The molecule has 3 rings (SSSR count). The van der Waals surface area contributed by atoms with Crippen molar-refractivity contribution in [3.63, 3.8) is 0 Å². The third kappa shape index (κ3) is 7.54. The summed E-state index contributed by atoms with van der Waals surface area (Å²) in [6, 6.07) is 13.4. The summed E-state index contributed by atoms with van der Waals surface area (Å²) < 4.78 is 11.0. The van der Waals surface area contributed by atoms with Gasteiger partial charge in [-0.2, -0.15) is 4.89 Å². The van der Waals surface area contributed by atoms with Crippen molar-refractivity contribution >= 4 is 27.1 Å². The third-order valence-corrected chi connectivity index (χ3v) is 7.58. The zero-order valence-electron chi connectivity index (χ0n) is 26.3. The van der Waals surface area contributed by atoms with Crippen LogP contribution in [0.15, 0.2) is 54.6 Å². The topological polar surface area (TPSA) is 36.9 Å². The van der Waals surface area contributed by atoms with Crippen molar-refractivity contribution in [2.24, 2.45) is 0 Å². The van der Waals surface area contributed by atoms with Gasteiger partial charge >= 0.3 is 0 Å². The molecule has 0 bridgehead atoms. The van der Waals surface area contributed by atoms with Gasteiger partial charge in [-0.3, -0.25) is 0 Å². The van der Waals surface area contributed by atoms with Crippen molar-refractivity contribution in [3.8, 4) is 5.75 Å². The smallest absolute Gasteiger partial charge is 0.166 e. The van der Waals surface area contributed by atoms with Crippen LogP contribution in [0.25, 0.3) is 27.1 Å². The molecule has 4 nitrogen and oxygen atoms in total. The molecule has 0 saturated carbocycles. The maximum absolute atomic E-state index is 5.76. The standard InChI is InChI=1S/C36H50O4/c1-10-14-26(12-3)27-15-17-29-31(24-27)34(36(8,9)13-4)30-18-16-28(25-32(30)33(29)35(5,6)7)40-39-23-22-38-21-20-37-19-11-2/h10,12,14-18,24-25H,11,13,19-23H2,1-9H3/b14-10-,26-12+. The Bertz CT molecular complexity index is 1320. The van der Waals surface area contributed by atoms with Crippen LogP contribution in [0.1, 0.15) is 91.8 Å². The summed E-state index contributed by atoms with van der Waals surface area (Å²) >= 11 is 0. The minimum atomic E-state index is -0.0766. The first kappa shape index (κ1) is 31.9. The molecule has 0 aliphatic carbocycles. The molecule has 40 heavy (non-hydrogen) atoms. The van der Waals surface area contributed by atoms with E-state index in [2.05, 4.69) is 111 Å². The fraction of sp³-hybridized carbons (Fsp3) is 0.500. The number of rotatable bonds is 14. The molecule has 0 aliphatic rings. The lowest BCUT2D eigenvalue weighted by Crippen LogP contribution is -2.20. The molecule has 0 radical (unpaired) electrons. The zero-order chi connectivity index (χ0) is 29.3. The first-order chi connectivity index (χ1) is 19.1. The predicted molar refractivity (Wildman–Crippen MR) is 170 cm³/mol. The van der Waals surface area contributed by atoms with E-state index in [0.29, 0.717) is 32.2 Å². The van der Waals surface area contributed by atoms with Crippen LogP contribution in [0, 0.1) is 0 Å². The molecule has 0 spiro atoms. The van der Waals surface area contributed by atoms with Crippen LogP contribution in [0.5, 0.6) is 5.75 Å². The number of hydrogen-bond acceptors (Lipinski definition) is 4. The van der Waals surface area contributed by atoms with Crippen LogP contribution >= 0.6 is 0 Å². The first-order valence-corrected chi connectivity index (χ1v) is 14.9. The minimum absolute atomic E-state index is 0.0146. The Kier molecular flexibility index (Phi) is 11.4. The Morgan fingerprint density at radius 2 is 1.35 bits per heavy atom. The molecule has 0 saturated heterocycles. The highest BCUT2D eigenvalue weighted by Gasteiger charge is 2.29. The molecule has 3 aromatic rings. The van der Waals surface area contributed by atoms with Crippen LogP contribution in [-0.4, -0.2) is 33.0 Å². The van der Waals surface area contributed by atoms with Gasteiger partial charge in [-0.25, -0.2) is 0 Å². The fourth-order valence-corrected chi connectivity index (χ4v) is 5.36. The van der Waals surface area contributed by atoms with Crippen molar-refractivity contribution in [1.29, 1.82) is 0 Å². The average Bonchev–Trinajstić information content (AvgIpc) is 2.92. The van der Waals surface area contributed by atoms with Crippen molar-refractivity contribution in [2.75, 3.05) is 33.0 Å². The number of hydrogen-bond donors (Lipinski definition) is 0. The Labute approximate surface area is 242 Å². The van der Waals surface area contributed by atoms with E-state index in [1.165, 1.54) is 43.8 Å². The van der Waals surface area contributed by atoms with Crippen molar-refractivity contribution in [3.05, 3.63) is 71.3 Å². The van der Waals surface area contributed by atoms with E-state index < -0.39 is 0 Å². The third-order valence-electron chi connectivity index (χ3n) is 7.58. The maximum Gasteiger partial charge on any atom is 0.166 e. The van der Waals surface area contributed by atoms with E-state index in [1.807, 2.05) is 6.07 Å². The summed E-state index contributed by atoms with van der Waals surface area (Å²) in [5.74, 6) is 0.699. The van der Waals surface area contributed by atoms with Gasteiger partial charge in [0.05, 0.1) is 19.8 Å². The van der Waals surface area contributed by atoms with Gasteiger partial charge in [0.2, 0.25) is 0 Å². The second kappa shape index (κ2) is 14.3. The van der Waals surface area contributed by atoms with E-state index in [4.69, 9.17) is 19.2 Å². The lowest BCUT2D eigenvalue weighted by atomic mass is 9.72. The molecule has 0 aliphatic heterocycles. The molecule has 0 unspecified atom stereocenters. The van der Waals surface area contributed by atoms with Gasteiger partial charge in [0.25, 0.3) is 0 Å². The van der Waals surface area contributed by atoms with E-state index in [-0.39, 0.29) is 10.8 Å². The number of fused-ring (bicyclic) bond motifs is 2. The molecule has 0 heterocycles. The summed E-state index contributed by atoms with van der Waals surface area (Å²) in [7, 11) is 0. The van der Waals surface area contributed by atoms with Crippen LogP contribution in [0.4, 0.5) is 0 Å². The van der Waals surface area contributed by atoms with E-state index in [1.54, 1.807) is 0 Å². The van der Waals surface area contributed by atoms with Gasteiger partial charge in [0, 0.05) is 6.61 Å². The van der Waals surface area contributed by atoms with Gasteiger partial charge in [-0.05, 0) is 99.5 Å². The molecule has 3 aromatic carbocycles. The Morgan fingerprint density at radius 3 is 1.98 bits per heavy atom. The minimum Gasteiger partial charge on any atom is -0.379 e. The summed E-state index contributed by atoms with van der Waals surface area (Å²) in [6.45, 7) is 22.9. The van der Waals surface area contributed by atoms with Crippen molar-refractivity contribution in [2.45, 2.75) is 86.0 Å². The average molecular weight is 547 g/mol. The number of ether oxygens (including phenoxy) is 2. The quantitative estimate of drug-likeness (QED) is 0.0663. The largest absolute Gasteiger partial charge is 0.379 e. The van der Waals surface area contributed by atoms with Gasteiger partial charge in [-0.1, -0.05) is 84.9 Å². The Morgan fingerprint density at radius 1 is 0.725 bits per heavy atom. The van der Waals surface area contributed by atoms with Gasteiger partial charge in [0.15, 0.2) is 5.75 Å². The molecule has 0 N–H and O–H groups in total. The molecule has 0 aromatic heterocycles. The monoisotopic (exact) mass is 546 g/mol. The van der Waals surface area contributed by atoms with Crippen LogP contribution in [0.3, 0.4) is 0 Å². The molecular weight excluding hydrogens is 496 g/mol. The first-order valence-electron chi connectivity index (χ1n) is 14.9. The Balaban J connectivity index is 2.06. The summed E-state index contributed by atoms with van der Waals surface area (Å²) in [4.78, 5) is 11.3.